The van der Waals surface area contributed by atoms with E-state index in [-0.39, 0.29) is 21.7 Å². The molecule has 1 fully saturated rings. The lowest BCUT2D eigenvalue weighted by Gasteiger charge is -2.30. The zero-order chi connectivity index (χ0) is 17.6. The highest BCUT2D eigenvalue weighted by molar-refractivity contribution is 7.89. The molecule has 0 aromatic heterocycles. The lowest BCUT2D eigenvalue weighted by Crippen LogP contribution is -2.43. The third kappa shape index (κ3) is 4.71. The van der Waals surface area contributed by atoms with Crippen LogP contribution in [0.4, 0.5) is 0 Å². The van der Waals surface area contributed by atoms with Gasteiger partial charge in [-0.05, 0) is 31.4 Å². The molecular weight excluding hydrogens is 348 g/mol. The molecule has 0 radical (unpaired) electrons. The van der Waals surface area contributed by atoms with Crippen molar-refractivity contribution in [3.05, 3.63) is 29.3 Å². The minimum atomic E-state index is -3.60. The van der Waals surface area contributed by atoms with E-state index in [0.717, 1.165) is 19.3 Å². The summed E-state index contributed by atoms with van der Waals surface area (Å²) in [5.74, 6) is -0.0646. The van der Waals surface area contributed by atoms with Gasteiger partial charge in [-0.15, -0.1) is 0 Å². The van der Waals surface area contributed by atoms with E-state index in [0.29, 0.717) is 32.5 Å². The summed E-state index contributed by atoms with van der Waals surface area (Å²) < 4.78 is 26.8. The van der Waals surface area contributed by atoms with E-state index in [1.54, 1.807) is 18.2 Å². The van der Waals surface area contributed by atoms with Crippen molar-refractivity contribution in [2.45, 2.75) is 43.9 Å². The molecule has 0 saturated carbocycles. The standard InChI is InChI=1S/C17H25ClN2O3S/c1-2-3-6-11-19-17(21)14-9-12-20(13-10-14)24(22,23)16-8-5-4-7-15(16)18/h4-5,7-8,14H,2-3,6,9-13H2,1H3,(H,19,21). The molecule has 0 bridgehead atoms. The Hall–Kier alpha value is -1.11. The monoisotopic (exact) mass is 372 g/mol. The second kappa shape index (κ2) is 8.83. The molecule has 1 aromatic carbocycles. The minimum Gasteiger partial charge on any atom is -0.356 e. The number of hydrogen-bond acceptors (Lipinski definition) is 3. The van der Waals surface area contributed by atoms with E-state index < -0.39 is 10.0 Å². The van der Waals surface area contributed by atoms with Gasteiger partial charge in [0.15, 0.2) is 0 Å². The number of amides is 1. The second-order valence-corrected chi connectivity index (χ2v) is 8.42. The van der Waals surface area contributed by atoms with Crippen LogP contribution in [-0.4, -0.2) is 38.3 Å². The summed E-state index contributed by atoms with van der Waals surface area (Å²) in [6, 6.07) is 6.46. The average molecular weight is 373 g/mol. The third-order valence-corrected chi connectivity index (χ3v) is 6.76. The van der Waals surface area contributed by atoms with Gasteiger partial charge >= 0.3 is 0 Å². The fourth-order valence-electron chi connectivity index (χ4n) is 2.88. The molecule has 0 atom stereocenters. The van der Waals surface area contributed by atoms with Crippen molar-refractivity contribution in [1.29, 1.82) is 0 Å². The van der Waals surface area contributed by atoms with E-state index in [2.05, 4.69) is 12.2 Å². The number of carbonyl (C=O) groups excluding carboxylic acids is 1. The molecule has 0 unspecified atom stereocenters. The van der Waals surface area contributed by atoms with Gasteiger partial charge in [-0.2, -0.15) is 4.31 Å². The molecule has 1 aliphatic rings. The van der Waals surface area contributed by atoms with Gasteiger partial charge in [0.2, 0.25) is 15.9 Å². The minimum absolute atomic E-state index is 0.0425. The molecule has 0 spiro atoms. The van der Waals surface area contributed by atoms with Crippen molar-refractivity contribution in [3.63, 3.8) is 0 Å². The Labute approximate surface area is 149 Å². The smallest absolute Gasteiger partial charge is 0.244 e. The fourth-order valence-corrected chi connectivity index (χ4v) is 4.85. The Morgan fingerprint density at radius 2 is 1.92 bits per heavy atom. The Morgan fingerprint density at radius 3 is 2.54 bits per heavy atom. The number of piperidine rings is 1. The SMILES string of the molecule is CCCCCNC(=O)C1CCN(S(=O)(=O)c2ccccc2Cl)CC1. The van der Waals surface area contributed by atoms with Crippen molar-refractivity contribution < 1.29 is 13.2 Å². The maximum atomic E-state index is 12.7. The maximum Gasteiger partial charge on any atom is 0.244 e. The van der Waals surface area contributed by atoms with Gasteiger partial charge in [0, 0.05) is 25.6 Å². The number of carbonyl (C=O) groups is 1. The van der Waals surface area contributed by atoms with Crippen molar-refractivity contribution >= 4 is 27.5 Å². The second-order valence-electron chi connectivity index (χ2n) is 6.11. The van der Waals surface area contributed by atoms with Crippen LogP contribution < -0.4 is 5.32 Å². The molecule has 1 N–H and O–H groups in total. The molecule has 24 heavy (non-hydrogen) atoms. The van der Waals surface area contributed by atoms with Crippen LogP contribution >= 0.6 is 11.6 Å². The normalized spacial score (nSPS) is 16.9. The first-order chi connectivity index (χ1) is 11.5. The number of sulfonamides is 1. The first kappa shape index (κ1) is 19.2. The van der Waals surface area contributed by atoms with Crippen LogP contribution in [0, 0.1) is 5.92 Å². The lowest BCUT2D eigenvalue weighted by molar-refractivity contribution is -0.126. The largest absolute Gasteiger partial charge is 0.356 e. The van der Waals surface area contributed by atoms with Crippen LogP contribution in [0.5, 0.6) is 0 Å². The quantitative estimate of drug-likeness (QED) is 0.748. The van der Waals surface area contributed by atoms with Gasteiger partial charge in [0.25, 0.3) is 0 Å². The molecule has 2 rings (SSSR count). The van der Waals surface area contributed by atoms with E-state index >= 15 is 0 Å². The third-order valence-electron chi connectivity index (χ3n) is 4.36. The predicted octanol–water partition coefficient (Wildman–Crippen LogP) is 3.05. The van der Waals surface area contributed by atoms with Crippen LogP contribution in [0.1, 0.15) is 39.0 Å². The van der Waals surface area contributed by atoms with Gasteiger partial charge in [0.05, 0.1) is 5.02 Å². The van der Waals surface area contributed by atoms with E-state index in [4.69, 9.17) is 11.6 Å². The molecular formula is C17H25ClN2O3S. The molecule has 1 amide bonds. The average Bonchev–Trinajstić information content (AvgIpc) is 2.59. The van der Waals surface area contributed by atoms with Crippen LogP contribution in [0.25, 0.3) is 0 Å². The van der Waals surface area contributed by atoms with Crippen molar-refractivity contribution in [2.24, 2.45) is 5.92 Å². The number of unbranched alkanes of at least 4 members (excludes halogenated alkanes) is 2. The van der Waals surface area contributed by atoms with Crippen LogP contribution in [0.15, 0.2) is 29.2 Å². The molecule has 1 aliphatic heterocycles. The number of rotatable bonds is 7. The van der Waals surface area contributed by atoms with Crippen LogP contribution in [-0.2, 0) is 14.8 Å². The number of halogens is 1. The number of benzene rings is 1. The molecule has 0 aliphatic carbocycles. The zero-order valence-corrected chi connectivity index (χ0v) is 15.6. The number of nitrogens with zero attached hydrogens (tertiary/aromatic N) is 1. The van der Waals surface area contributed by atoms with E-state index in [1.165, 1.54) is 10.4 Å². The molecule has 5 nitrogen and oxygen atoms in total. The topological polar surface area (TPSA) is 66.5 Å². The summed E-state index contributed by atoms with van der Waals surface area (Å²) in [6.45, 7) is 3.52. The Bertz CT molecular complexity index is 656. The summed E-state index contributed by atoms with van der Waals surface area (Å²) in [5, 5.41) is 3.18. The first-order valence-electron chi connectivity index (χ1n) is 8.49. The lowest BCUT2D eigenvalue weighted by atomic mass is 9.97. The van der Waals surface area contributed by atoms with Crippen LogP contribution in [0.3, 0.4) is 0 Å². The first-order valence-corrected chi connectivity index (χ1v) is 10.3. The highest BCUT2D eigenvalue weighted by Crippen LogP contribution is 2.28. The number of hydrogen-bond donors (Lipinski definition) is 1. The summed E-state index contributed by atoms with van der Waals surface area (Å²) >= 11 is 6.02. The Morgan fingerprint density at radius 1 is 1.25 bits per heavy atom. The van der Waals surface area contributed by atoms with Gasteiger partial charge in [-0.1, -0.05) is 43.5 Å². The zero-order valence-electron chi connectivity index (χ0n) is 14.0. The van der Waals surface area contributed by atoms with E-state index in [1.807, 2.05) is 0 Å². The highest BCUT2D eigenvalue weighted by atomic mass is 35.5. The molecule has 134 valence electrons. The molecule has 7 heteroatoms. The Balaban J connectivity index is 1.90. The van der Waals surface area contributed by atoms with Crippen molar-refractivity contribution in [1.82, 2.24) is 9.62 Å². The summed E-state index contributed by atoms with van der Waals surface area (Å²) in [7, 11) is -3.60. The van der Waals surface area contributed by atoms with Gasteiger partial charge in [-0.3, -0.25) is 4.79 Å². The summed E-state index contributed by atoms with van der Waals surface area (Å²) in [5.41, 5.74) is 0. The molecule has 1 saturated heterocycles. The van der Waals surface area contributed by atoms with Gasteiger partial charge in [-0.25, -0.2) is 8.42 Å². The van der Waals surface area contributed by atoms with Gasteiger partial charge in [0.1, 0.15) is 4.90 Å². The maximum absolute atomic E-state index is 12.7. The predicted molar refractivity (Wildman–Crippen MR) is 95.5 cm³/mol. The van der Waals surface area contributed by atoms with Gasteiger partial charge < -0.3 is 5.32 Å². The van der Waals surface area contributed by atoms with Crippen LogP contribution in [0.2, 0.25) is 5.02 Å². The van der Waals surface area contributed by atoms with Crippen molar-refractivity contribution in [2.75, 3.05) is 19.6 Å². The number of nitrogens with one attached hydrogen (secondary N) is 1. The molecule has 1 heterocycles. The summed E-state index contributed by atoms with van der Waals surface area (Å²) in [4.78, 5) is 12.3. The highest BCUT2D eigenvalue weighted by Gasteiger charge is 2.32. The van der Waals surface area contributed by atoms with Crippen molar-refractivity contribution in [3.8, 4) is 0 Å². The molecule has 1 aromatic rings. The Kier molecular flexibility index (Phi) is 7.07. The fraction of sp³-hybridized carbons (Fsp3) is 0.588. The van der Waals surface area contributed by atoms with E-state index in [9.17, 15) is 13.2 Å². The summed E-state index contributed by atoms with van der Waals surface area (Å²) in [6.07, 6.45) is 4.30.